The number of aryl methyl sites for hydroxylation is 2. The summed E-state index contributed by atoms with van der Waals surface area (Å²) in [5, 5.41) is 9.40. The molecule has 5 nitrogen and oxygen atoms in total. The van der Waals surface area contributed by atoms with Gasteiger partial charge in [-0.25, -0.2) is 14.6 Å². The summed E-state index contributed by atoms with van der Waals surface area (Å²) < 4.78 is 1.78. The predicted molar refractivity (Wildman–Crippen MR) is 101 cm³/mol. The lowest BCUT2D eigenvalue weighted by molar-refractivity contribution is 0.895. The number of rotatable bonds is 3. The first-order valence-corrected chi connectivity index (χ1v) is 8.28. The molecule has 0 unspecified atom stereocenters. The van der Waals surface area contributed by atoms with Gasteiger partial charge < -0.3 is 5.32 Å². The second-order valence-corrected chi connectivity index (χ2v) is 6.37. The Hall–Kier alpha value is -2.92. The third kappa shape index (κ3) is 2.94. The molecule has 124 valence electrons. The number of hydrogen-bond donors (Lipinski definition) is 1. The van der Waals surface area contributed by atoms with E-state index in [4.69, 9.17) is 11.6 Å². The van der Waals surface area contributed by atoms with Crippen LogP contribution in [0.15, 0.2) is 55.0 Å². The molecule has 0 atom stereocenters. The topological polar surface area (TPSA) is 55.6 Å². The number of anilines is 2. The second kappa shape index (κ2) is 6.18. The van der Waals surface area contributed by atoms with Crippen LogP contribution in [0.2, 0.25) is 5.02 Å². The Morgan fingerprint density at radius 3 is 2.56 bits per heavy atom. The number of nitrogens with zero attached hydrogens (tertiary/aromatic N) is 4. The molecule has 25 heavy (non-hydrogen) atoms. The Kier molecular flexibility index (Phi) is 3.86. The summed E-state index contributed by atoms with van der Waals surface area (Å²) in [5.41, 5.74) is 5.05. The molecule has 0 aliphatic rings. The Morgan fingerprint density at radius 1 is 1.00 bits per heavy atom. The van der Waals surface area contributed by atoms with E-state index in [2.05, 4.69) is 52.4 Å². The molecule has 2 aromatic carbocycles. The van der Waals surface area contributed by atoms with Gasteiger partial charge in [-0.2, -0.15) is 5.10 Å². The third-order valence-corrected chi connectivity index (χ3v) is 4.32. The van der Waals surface area contributed by atoms with Gasteiger partial charge in [0.1, 0.15) is 12.1 Å². The molecule has 4 rings (SSSR count). The summed E-state index contributed by atoms with van der Waals surface area (Å²) in [6.45, 7) is 4.15. The summed E-state index contributed by atoms with van der Waals surface area (Å²) >= 11 is 5.97. The van der Waals surface area contributed by atoms with Gasteiger partial charge in [0.2, 0.25) is 0 Å². The van der Waals surface area contributed by atoms with E-state index in [1.807, 2.05) is 24.3 Å². The van der Waals surface area contributed by atoms with Crippen LogP contribution in [0.1, 0.15) is 11.1 Å². The Labute approximate surface area is 150 Å². The normalized spacial score (nSPS) is 11.0. The fourth-order valence-corrected chi connectivity index (χ4v) is 2.92. The molecule has 2 heterocycles. The van der Waals surface area contributed by atoms with Crippen LogP contribution < -0.4 is 5.32 Å². The van der Waals surface area contributed by atoms with Gasteiger partial charge in [-0.15, -0.1) is 0 Å². The van der Waals surface area contributed by atoms with Gasteiger partial charge in [-0.1, -0.05) is 29.3 Å². The van der Waals surface area contributed by atoms with E-state index < -0.39 is 0 Å². The second-order valence-electron chi connectivity index (χ2n) is 5.94. The maximum Gasteiger partial charge on any atom is 0.168 e. The van der Waals surface area contributed by atoms with Crippen molar-refractivity contribution >= 4 is 34.1 Å². The van der Waals surface area contributed by atoms with E-state index in [0.717, 1.165) is 33.8 Å². The molecule has 0 saturated heterocycles. The lowest BCUT2D eigenvalue weighted by Crippen LogP contribution is -2.00. The average Bonchev–Trinajstić information content (AvgIpc) is 3.03. The van der Waals surface area contributed by atoms with Crippen molar-refractivity contribution in [3.8, 4) is 5.69 Å². The molecule has 0 spiro atoms. The fourth-order valence-electron chi connectivity index (χ4n) is 2.80. The fraction of sp³-hybridized carbons (Fsp3) is 0.105. The van der Waals surface area contributed by atoms with Gasteiger partial charge in [0.15, 0.2) is 5.65 Å². The standard InChI is InChI=1S/C19H16ClN5/c1-12-3-8-17(13(2)9-12)24-18-16-10-23-25(19(16)22-11-21-18)15-6-4-14(20)5-7-15/h3-11H,1-2H3,(H,21,22,24). The van der Waals surface area contributed by atoms with Crippen molar-refractivity contribution in [3.05, 3.63) is 71.1 Å². The zero-order valence-corrected chi connectivity index (χ0v) is 14.6. The quantitative estimate of drug-likeness (QED) is 0.575. The predicted octanol–water partition coefficient (Wildman–Crippen LogP) is 4.83. The van der Waals surface area contributed by atoms with Crippen LogP contribution in [-0.4, -0.2) is 19.7 Å². The van der Waals surface area contributed by atoms with Gasteiger partial charge in [0, 0.05) is 10.7 Å². The Morgan fingerprint density at radius 2 is 1.80 bits per heavy atom. The zero-order chi connectivity index (χ0) is 17.4. The van der Waals surface area contributed by atoms with Crippen molar-refractivity contribution in [2.75, 3.05) is 5.32 Å². The molecular formula is C19H16ClN5. The van der Waals surface area contributed by atoms with Gasteiger partial charge in [0.25, 0.3) is 0 Å². The summed E-state index contributed by atoms with van der Waals surface area (Å²) in [6.07, 6.45) is 3.32. The summed E-state index contributed by atoms with van der Waals surface area (Å²) in [5.74, 6) is 0.733. The van der Waals surface area contributed by atoms with E-state index in [9.17, 15) is 0 Å². The number of fused-ring (bicyclic) bond motifs is 1. The van der Waals surface area contributed by atoms with Gasteiger partial charge in [-0.05, 0) is 49.7 Å². The largest absolute Gasteiger partial charge is 0.339 e. The minimum absolute atomic E-state index is 0.687. The van der Waals surface area contributed by atoms with Crippen LogP contribution in [0.3, 0.4) is 0 Å². The van der Waals surface area contributed by atoms with E-state index in [1.54, 1.807) is 17.2 Å². The number of nitrogens with one attached hydrogen (secondary N) is 1. The smallest absolute Gasteiger partial charge is 0.168 e. The lowest BCUT2D eigenvalue weighted by Gasteiger charge is -2.10. The van der Waals surface area contributed by atoms with Crippen molar-refractivity contribution in [1.82, 2.24) is 19.7 Å². The number of hydrogen-bond acceptors (Lipinski definition) is 4. The molecule has 4 aromatic rings. The summed E-state index contributed by atoms with van der Waals surface area (Å²) in [7, 11) is 0. The Balaban J connectivity index is 1.77. The van der Waals surface area contributed by atoms with Crippen LogP contribution in [0.5, 0.6) is 0 Å². The molecule has 0 radical (unpaired) electrons. The van der Waals surface area contributed by atoms with Crippen LogP contribution in [0, 0.1) is 13.8 Å². The number of aromatic nitrogens is 4. The molecule has 6 heteroatoms. The Bertz CT molecular complexity index is 1050. The lowest BCUT2D eigenvalue weighted by atomic mass is 10.1. The van der Waals surface area contributed by atoms with E-state index in [0.29, 0.717) is 5.02 Å². The van der Waals surface area contributed by atoms with Crippen molar-refractivity contribution in [1.29, 1.82) is 0 Å². The van der Waals surface area contributed by atoms with Crippen LogP contribution in [-0.2, 0) is 0 Å². The first kappa shape index (κ1) is 15.6. The van der Waals surface area contributed by atoms with Crippen LogP contribution in [0.4, 0.5) is 11.5 Å². The molecule has 0 aliphatic carbocycles. The molecule has 0 saturated carbocycles. The monoisotopic (exact) mass is 349 g/mol. The van der Waals surface area contributed by atoms with Crippen molar-refractivity contribution in [3.63, 3.8) is 0 Å². The van der Waals surface area contributed by atoms with E-state index in [-0.39, 0.29) is 0 Å². The number of halogens is 1. The highest BCUT2D eigenvalue weighted by Gasteiger charge is 2.12. The molecule has 1 N–H and O–H groups in total. The van der Waals surface area contributed by atoms with E-state index >= 15 is 0 Å². The van der Waals surface area contributed by atoms with E-state index in [1.165, 1.54) is 5.56 Å². The van der Waals surface area contributed by atoms with Crippen molar-refractivity contribution in [2.24, 2.45) is 0 Å². The molecule has 0 fully saturated rings. The first-order chi connectivity index (χ1) is 12.1. The molecule has 0 aliphatic heterocycles. The van der Waals surface area contributed by atoms with Crippen LogP contribution in [0.25, 0.3) is 16.7 Å². The first-order valence-electron chi connectivity index (χ1n) is 7.91. The summed E-state index contributed by atoms with van der Waals surface area (Å²) in [4.78, 5) is 8.79. The average molecular weight is 350 g/mol. The zero-order valence-electron chi connectivity index (χ0n) is 13.9. The highest BCUT2D eigenvalue weighted by Crippen LogP contribution is 2.26. The number of benzene rings is 2. The van der Waals surface area contributed by atoms with Crippen LogP contribution >= 0.6 is 11.6 Å². The minimum Gasteiger partial charge on any atom is -0.339 e. The highest BCUT2D eigenvalue weighted by atomic mass is 35.5. The van der Waals surface area contributed by atoms with Crippen molar-refractivity contribution in [2.45, 2.75) is 13.8 Å². The highest BCUT2D eigenvalue weighted by molar-refractivity contribution is 6.30. The summed E-state index contributed by atoms with van der Waals surface area (Å²) in [6, 6.07) is 13.8. The minimum atomic E-state index is 0.687. The van der Waals surface area contributed by atoms with Gasteiger partial charge >= 0.3 is 0 Å². The molecule has 0 amide bonds. The maximum atomic E-state index is 5.97. The molecular weight excluding hydrogens is 334 g/mol. The van der Waals surface area contributed by atoms with Gasteiger partial charge in [0.05, 0.1) is 17.3 Å². The maximum absolute atomic E-state index is 5.97. The SMILES string of the molecule is Cc1ccc(Nc2ncnc3c2cnn3-c2ccc(Cl)cc2)c(C)c1. The van der Waals surface area contributed by atoms with Crippen molar-refractivity contribution < 1.29 is 0 Å². The molecule has 2 aromatic heterocycles. The molecule has 0 bridgehead atoms. The van der Waals surface area contributed by atoms with Gasteiger partial charge in [-0.3, -0.25) is 0 Å². The third-order valence-electron chi connectivity index (χ3n) is 4.07.